The number of rotatable bonds is 4. The third kappa shape index (κ3) is 2.69. The molecule has 0 amide bonds. The molecular formula is C13H17BrO. The second-order valence-electron chi connectivity index (χ2n) is 3.87. The molecule has 0 aliphatic rings. The fraction of sp³-hybridized carbons (Fsp3) is 0.462. The summed E-state index contributed by atoms with van der Waals surface area (Å²) < 4.78 is -0.387. The van der Waals surface area contributed by atoms with Crippen molar-refractivity contribution in [3.8, 4) is 0 Å². The summed E-state index contributed by atoms with van der Waals surface area (Å²) in [5.41, 5.74) is 1.97. The molecule has 2 heteroatoms. The fourth-order valence-electron chi connectivity index (χ4n) is 1.53. The molecule has 0 saturated carbocycles. The first kappa shape index (κ1) is 12.4. The summed E-state index contributed by atoms with van der Waals surface area (Å²) >= 11 is 3.55. The summed E-state index contributed by atoms with van der Waals surface area (Å²) in [5.74, 6) is 0.188. The maximum atomic E-state index is 12.2. The van der Waals surface area contributed by atoms with Crippen LogP contribution in [0, 0.1) is 6.92 Å². The highest BCUT2D eigenvalue weighted by molar-refractivity contribution is 9.10. The summed E-state index contributed by atoms with van der Waals surface area (Å²) in [6.07, 6.45) is 1.63. The Morgan fingerprint density at radius 2 is 1.67 bits per heavy atom. The quantitative estimate of drug-likeness (QED) is 0.593. The van der Waals surface area contributed by atoms with Crippen LogP contribution in [0.3, 0.4) is 0 Å². The van der Waals surface area contributed by atoms with Crippen molar-refractivity contribution in [1.29, 1.82) is 0 Å². The van der Waals surface area contributed by atoms with Gasteiger partial charge < -0.3 is 0 Å². The molecule has 0 unspecified atom stereocenters. The zero-order chi connectivity index (χ0) is 11.5. The Bertz CT molecular complexity index is 336. The highest BCUT2D eigenvalue weighted by Gasteiger charge is 2.31. The Kier molecular flexibility index (Phi) is 4.09. The van der Waals surface area contributed by atoms with Crippen molar-refractivity contribution in [1.82, 2.24) is 0 Å². The summed E-state index contributed by atoms with van der Waals surface area (Å²) in [7, 11) is 0. The molecule has 0 radical (unpaired) electrons. The molecule has 0 bridgehead atoms. The smallest absolute Gasteiger partial charge is 0.179 e. The Morgan fingerprint density at radius 3 is 2.07 bits per heavy atom. The summed E-state index contributed by atoms with van der Waals surface area (Å²) in [6.45, 7) is 6.09. The fourth-order valence-corrected chi connectivity index (χ4v) is 1.76. The molecule has 0 aromatic heterocycles. The monoisotopic (exact) mass is 268 g/mol. The number of carbonyl (C=O) groups is 1. The zero-order valence-electron chi connectivity index (χ0n) is 9.51. The standard InChI is InChI=1S/C13H17BrO/c1-4-13(14,5-2)12(15)11-8-6-10(3)7-9-11/h6-9H,4-5H2,1-3H3. The molecule has 0 heterocycles. The molecule has 0 fully saturated rings. The van der Waals surface area contributed by atoms with Gasteiger partial charge in [0.1, 0.15) is 0 Å². The number of hydrogen-bond donors (Lipinski definition) is 0. The van der Waals surface area contributed by atoms with Gasteiger partial charge in [0.25, 0.3) is 0 Å². The maximum Gasteiger partial charge on any atom is 0.179 e. The van der Waals surface area contributed by atoms with Crippen LogP contribution in [-0.4, -0.2) is 10.1 Å². The molecule has 82 valence electrons. The predicted molar refractivity (Wildman–Crippen MR) is 67.7 cm³/mol. The molecule has 1 aromatic rings. The van der Waals surface area contributed by atoms with Gasteiger partial charge in [-0.05, 0) is 19.8 Å². The van der Waals surface area contributed by atoms with E-state index in [4.69, 9.17) is 0 Å². The largest absolute Gasteiger partial charge is 0.293 e. The number of carbonyl (C=O) groups excluding carboxylic acids is 1. The molecule has 0 aliphatic heterocycles. The van der Waals surface area contributed by atoms with Crippen LogP contribution < -0.4 is 0 Å². The highest BCUT2D eigenvalue weighted by Crippen LogP contribution is 2.30. The summed E-state index contributed by atoms with van der Waals surface area (Å²) in [5, 5.41) is 0. The third-order valence-corrected chi connectivity index (χ3v) is 4.32. The number of aryl methyl sites for hydroxylation is 1. The first-order valence-corrected chi connectivity index (χ1v) is 6.13. The van der Waals surface area contributed by atoms with E-state index >= 15 is 0 Å². The molecule has 0 N–H and O–H groups in total. The van der Waals surface area contributed by atoms with Crippen molar-refractivity contribution in [3.63, 3.8) is 0 Å². The van der Waals surface area contributed by atoms with Crippen molar-refractivity contribution < 1.29 is 4.79 Å². The van der Waals surface area contributed by atoms with Crippen molar-refractivity contribution >= 4 is 21.7 Å². The molecule has 1 nitrogen and oxygen atoms in total. The molecule has 0 spiro atoms. The summed E-state index contributed by atoms with van der Waals surface area (Å²) in [4.78, 5) is 12.2. The molecule has 0 saturated heterocycles. The van der Waals surface area contributed by atoms with E-state index in [1.807, 2.05) is 45.0 Å². The van der Waals surface area contributed by atoms with Crippen molar-refractivity contribution in [3.05, 3.63) is 35.4 Å². The van der Waals surface area contributed by atoms with E-state index in [-0.39, 0.29) is 10.1 Å². The van der Waals surface area contributed by atoms with E-state index in [1.165, 1.54) is 5.56 Å². The maximum absolute atomic E-state index is 12.2. The minimum Gasteiger partial charge on any atom is -0.293 e. The Balaban J connectivity index is 2.98. The molecule has 0 atom stereocenters. The van der Waals surface area contributed by atoms with E-state index in [9.17, 15) is 4.79 Å². The molecule has 1 aromatic carbocycles. The number of hydrogen-bond acceptors (Lipinski definition) is 1. The minimum absolute atomic E-state index is 0.188. The van der Waals surface area contributed by atoms with Gasteiger partial charge in [-0.2, -0.15) is 0 Å². The van der Waals surface area contributed by atoms with Gasteiger partial charge in [-0.3, -0.25) is 4.79 Å². The first-order valence-electron chi connectivity index (χ1n) is 5.34. The second-order valence-corrected chi connectivity index (χ2v) is 5.39. The van der Waals surface area contributed by atoms with E-state index in [1.54, 1.807) is 0 Å². The van der Waals surface area contributed by atoms with Crippen LogP contribution in [-0.2, 0) is 0 Å². The summed E-state index contributed by atoms with van der Waals surface area (Å²) in [6, 6.07) is 7.76. The minimum atomic E-state index is -0.387. The SMILES string of the molecule is CCC(Br)(CC)C(=O)c1ccc(C)cc1. The van der Waals surface area contributed by atoms with Crippen LogP contribution in [0.5, 0.6) is 0 Å². The van der Waals surface area contributed by atoms with Crippen LogP contribution in [0.4, 0.5) is 0 Å². The number of alkyl halides is 1. The van der Waals surface area contributed by atoms with Crippen molar-refractivity contribution in [2.45, 2.75) is 37.9 Å². The van der Waals surface area contributed by atoms with Gasteiger partial charge in [-0.15, -0.1) is 0 Å². The van der Waals surface area contributed by atoms with Gasteiger partial charge in [0.2, 0.25) is 0 Å². The van der Waals surface area contributed by atoms with Crippen molar-refractivity contribution in [2.75, 3.05) is 0 Å². The lowest BCUT2D eigenvalue weighted by atomic mass is 9.92. The highest BCUT2D eigenvalue weighted by atomic mass is 79.9. The van der Waals surface area contributed by atoms with Gasteiger partial charge in [0.05, 0.1) is 4.32 Å². The number of ketones is 1. The van der Waals surface area contributed by atoms with Crippen LogP contribution in [0.1, 0.15) is 42.6 Å². The van der Waals surface area contributed by atoms with Gasteiger partial charge in [0.15, 0.2) is 5.78 Å². The van der Waals surface area contributed by atoms with E-state index in [0.717, 1.165) is 18.4 Å². The van der Waals surface area contributed by atoms with Gasteiger partial charge in [-0.25, -0.2) is 0 Å². The number of halogens is 1. The van der Waals surface area contributed by atoms with Gasteiger partial charge in [0, 0.05) is 5.56 Å². The lowest BCUT2D eigenvalue weighted by Crippen LogP contribution is -2.30. The normalized spacial score (nSPS) is 11.5. The van der Waals surface area contributed by atoms with Gasteiger partial charge in [-0.1, -0.05) is 59.6 Å². The van der Waals surface area contributed by atoms with Gasteiger partial charge >= 0.3 is 0 Å². The number of Topliss-reactive ketones (excluding diaryl/α,β-unsaturated/α-hetero) is 1. The van der Waals surface area contributed by atoms with Crippen LogP contribution >= 0.6 is 15.9 Å². The second kappa shape index (κ2) is 4.93. The van der Waals surface area contributed by atoms with E-state index in [2.05, 4.69) is 15.9 Å². The van der Waals surface area contributed by atoms with E-state index < -0.39 is 0 Å². The van der Waals surface area contributed by atoms with Crippen LogP contribution in [0.15, 0.2) is 24.3 Å². The molecule has 1 rings (SSSR count). The van der Waals surface area contributed by atoms with Crippen LogP contribution in [0.2, 0.25) is 0 Å². The van der Waals surface area contributed by atoms with Crippen molar-refractivity contribution in [2.24, 2.45) is 0 Å². The third-order valence-electron chi connectivity index (χ3n) is 2.84. The average molecular weight is 269 g/mol. The predicted octanol–water partition coefficient (Wildman–Crippen LogP) is 4.13. The molecule has 0 aliphatic carbocycles. The Hall–Kier alpha value is -0.630. The first-order chi connectivity index (χ1) is 7.03. The topological polar surface area (TPSA) is 17.1 Å². The zero-order valence-corrected chi connectivity index (χ0v) is 11.1. The molecule has 15 heavy (non-hydrogen) atoms. The van der Waals surface area contributed by atoms with E-state index in [0.29, 0.717) is 0 Å². The van der Waals surface area contributed by atoms with Crippen LogP contribution in [0.25, 0.3) is 0 Å². The number of benzene rings is 1. The Labute approximate surface area is 100 Å². The lowest BCUT2D eigenvalue weighted by Gasteiger charge is -2.22. The molecular weight excluding hydrogens is 252 g/mol. The Morgan fingerprint density at radius 1 is 1.20 bits per heavy atom. The lowest BCUT2D eigenvalue weighted by molar-refractivity contribution is 0.0941. The average Bonchev–Trinajstić information content (AvgIpc) is 2.28.